The third kappa shape index (κ3) is 3.34. The van der Waals surface area contributed by atoms with Crippen LogP contribution in [0, 0.1) is 0 Å². The highest BCUT2D eigenvalue weighted by Gasteiger charge is 2.09. The van der Waals surface area contributed by atoms with Crippen molar-refractivity contribution >= 4 is 12.4 Å². The summed E-state index contributed by atoms with van der Waals surface area (Å²) in [4.78, 5) is 4.87. The standard InChI is InChI=1S/C10H13N3O.ClH/c11-10-8-13(12-14-10)7-6-9-4-2-1-3-5-9;/h1-5,8,12H,6-7,11H2;1H. The minimum atomic E-state index is 0. The third-order valence-electron chi connectivity index (χ3n) is 2.05. The first-order chi connectivity index (χ1) is 6.84. The van der Waals surface area contributed by atoms with Gasteiger partial charge in [-0.25, -0.2) is 0 Å². The summed E-state index contributed by atoms with van der Waals surface area (Å²) >= 11 is 0. The zero-order valence-corrected chi connectivity index (χ0v) is 9.04. The number of nitrogens with two attached hydrogens (primary N) is 1. The predicted molar refractivity (Wildman–Crippen MR) is 60.6 cm³/mol. The molecule has 1 aliphatic rings. The number of hydrogen-bond donors (Lipinski definition) is 2. The van der Waals surface area contributed by atoms with Crippen molar-refractivity contribution in [3.05, 3.63) is 48.0 Å². The van der Waals surface area contributed by atoms with Gasteiger partial charge in [-0.05, 0) is 12.0 Å². The molecule has 0 saturated carbocycles. The van der Waals surface area contributed by atoms with E-state index < -0.39 is 0 Å². The Hall–Kier alpha value is -1.39. The smallest absolute Gasteiger partial charge is 0.229 e. The van der Waals surface area contributed by atoms with Crippen molar-refractivity contribution in [2.75, 3.05) is 6.54 Å². The molecule has 15 heavy (non-hydrogen) atoms. The molecule has 0 radical (unpaired) electrons. The molecule has 3 N–H and O–H groups in total. The molecular formula is C10H14ClN3O. The van der Waals surface area contributed by atoms with E-state index in [4.69, 9.17) is 10.6 Å². The quantitative estimate of drug-likeness (QED) is 0.814. The Balaban J connectivity index is 0.00000112. The Bertz CT molecular complexity index is 329. The molecule has 0 amide bonds. The van der Waals surface area contributed by atoms with E-state index in [0.717, 1.165) is 13.0 Å². The molecule has 0 atom stereocenters. The Labute approximate surface area is 95.0 Å². The minimum absolute atomic E-state index is 0. The minimum Gasteiger partial charge on any atom is -0.370 e. The number of nitrogens with one attached hydrogen (secondary N) is 1. The summed E-state index contributed by atoms with van der Waals surface area (Å²) in [5.41, 5.74) is 9.42. The summed E-state index contributed by atoms with van der Waals surface area (Å²) in [5, 5.41) is 1.82. The van der Waals surface area contributed by atoms with Crippen LogP contribution in [0.5, 0.6) is 0 Å². The monoisotopic (exact) mass is 227 g/mol. The van der Waals surface area contributed by atoms with Crippen molar-refractivity contribution in [2.24, 2.45) is 5.73 Å². The molecule has 0 fully saturated rings. The Morgan fingerprint density at radius 2 is 2.00 bits per heavy atom. The molecule has 0 unspecified atom stereocenters. The molecule has 2 rings (SSSR count). The highest BCUT2D eigenvalue weighted by atomic mass is 35.5. The first kappa shape index (κ1) is 11.7. The van der Waals surface area contributed by atoms with E-state index in [1.165, 1.54) is 5.56 Å². The normalized spacial score (nSPS) is 14.1. The van der Waals surface area contributed by atoms with Crippen molar-refractivity contribution < 1.29 is 4.84 Å². The average molecular weight is 228 g/mol. The molecule has 4 nitrogen and oxygen atoms in total. The largest absolute Gasteiger partial charge is 0.370 e. The summed E-state index contributed by atoms with van der Waals surface area (Å²) in [7, 11) is 0. The zero-order valence-electron chi connectivity index (χ0n) is 8.22. The van der Waals surface area contributed by atoms with Crippen molar-refractivity contribution in [3.63, 3.8) is 0 Å². The van der Waals surface area contributed by atoms with Crippen molar-refractivity contribution in [3.8, 4) is 0 Å². The first-order valence-electron chi connectivity index (χ1n) is 4.55. The molecule has 1 heterocycles. The van der Waals surface area contributed by atoms with Gasteiger partial charge in [0.1, 0.15) is 0 Å². The molecule has 1 aromatic carbocycles. The lowest BCUT2D eigenvalue weighted by atomic mass is 10.1. The molecule has 0 saturated heterocycles. The third-order valence-corrected chi connectivity index (χ3v) is 2.05. The Kier molecular flexibility index (Phi) is 4.27. The lowest BCUT2D eigenvalue weighted by Crippen LogP contribution is -2.29. The fourth-order valence-electron chi connectivity index (χ4n) is 1.32. The zero-order chi connectivity index (χ0) is 9.80. The van der Waals surface area contributed by atoms with Gasteiger partial charge in [0.05, 0.1) is 6.20 Å². The van der Waals surface area contributed by atoms with Gasteiger partial charge >= 0.3 is 0 Å². The summed E-state index contributed by atoms with van der Waals surface area (Å²) in [6.45, 7) is 0.838. The SMILES string of the molecule is Cl.NC1=CN(CCc2ccccc2)NO1. The van der Waals surface area contributed by atoms with Crippen LogP contribution in [-0.4, -0.2) is 11.6 Å². The lowest BCUT2D eigenvalue weighted by Gasteiger charge is -2.12. The second-order valence-electron chi connectivity index (χ2n) is 3.15. The second-order valence-corrected chi connectivity index (χ2v) is 3.15. The molecule has 0 aliphatic carbocycles. The number of nitrogens with zero attached hydrogens (tertiary/aromatic N) is 1. The Morgan fingerprint density at radius 3 is 2.60 bits per heavy atom. The lowest BCUT2D eigenvalue weighted by molar-refractivity contribution is 0.0216. The average Bonchev–Trinajstić information content (AvgIpc) is 2.63. The van der Waals surface area contributed by atoms with Crippen molar-refractivity contribution in [1.29, 1.82) is 0 Å². The summed E-state index contributed by atoms with van der Waals surface area (Å²) in [6, 6.07) is 10.3. The first-order valence-corrected chi connectivity index (χ1v) is 4.55. The van der Waals surface area contributed by atoms with Crippen LogP contribution < -0.4 is 11.3 Å². The molecule has 0 spiro atoms. The van der Waals surface area contributed by atoms with Gasteiger partial charge in [-0.1, -0.05) is 35.9 Å². The van der Waals surface area contributed by atoms with E-state index in [-0.39, 0.29) is 12.4 Å². The molecule has 1 aliphatic heterocycles. The second kappa shape index (κ2) is 5.48. The van der Waals surface area contributed by atoms with Gasteiger partial charge in [-0.15, -0.1) is 12.4 Å². The summed E-state index contributed by atoms with van der Waals surface area (Å²) < 4.78 is 0. The van der Waals surface area contributed by atoms with Crippen LogP contribution in [-0.2, 0) is 11.3 Å². The van der Waals surface area contributed by atoms with Gasteiger partial charge in [0.15, 0.2) is 0 Å². The van der Waals surface area contributed by atoms with Gasteiger partial charge in [0.25, 0.3) is 0 Å². The summed E-state index contributed by atoms with van der Waals surface area (Å²) in [5.74, 6) is 0.401. The van der Waals surface area contributed by atoms with E-state index in [1.54, 1.807) is 6.20 Å². The maximum absolute atomic E-state index is 5.43. The van der Waals surface area contributed by atoms with Crippen LogP contribution in [0.4, 0.5) is 0 Å². The van der Waals surface area contributed by atoms with E-state index in [2.05, 4.69) is 17.7 Å². The topological polar surface area (TPSA) is 50.5 Å². The molecule has 0 bridgehead atoms. The number of benzene rings is 1. The van der Waals surface area contributed by atoms with Gasteiger partial charge in [-0.3, -0.25) is 5.01 Å². The van der Waals surface area contributed by atoms with E-state index in [0.29, 0.717) is 5.88 Å². The fourth-order valence-corrected chi connectivity index (χ4v) is 1.32. The number of halogens is 1. The Morgan fingerprint density at radius 1 is 1.27 bits per heavy atom. The fraction of sp³-hybridized carbons (Fsp3) is 0.200. The van der Waals surface area contributed by atoms with Crippen molar-refractivity contribution in [2.45, 2.75) is 6.42 Å². The molecule has 1 aromatic rings. The maximum atomic E-state index is 5.43. The van der Waals surface area contributed by atoms with Crippen LogP contribution in [0.15, 0.2) is 42.4 Å². The van der Waals surface area contributed by atoms with E-state index >= 15 is 0 Å². The van der Waals surface area contributed by atoms with Crippen LogP contribution in [0.3, 0.4) is 0 Å². The van der Waals surface area contributed by atoms with Gasteiger partial charge in [-0.2, -0.15) is 0 Å². The van der Waals surface area contributed by atoms with Gasteiger partial charge in [0.2, 0.25) is 5.88 Å². The number of hydrazine groups is 1. The highest BCUT2D eigenvalue weighted by molar-refractivity contribution is 5.85. The van der Waals surface area contributed by atoms with Gasteiger partial charge < -0.3 is 10.6 Å². The van der Waals surface area contributed by atoms with Gasteiger partial charge in [0, 0.05) is 6.54 Å². The molecule has 0 aromatic heterocycles. The van der Waals surface area contributed by atoms with E-state index in [1.807, 2.05) is 23.2 Å². The van der Waals surface area contributed by atoms with Crippen LogP contribution in [0.2, 0.25) is 0 Å². The maximum Gasteiger partial charge on any atom is 0.229 e. The van der Waals surface area contributed by atoms with Crippen LogP contribution in [0.1, 0.15) is 5.56 Å². The molecule has 5 heteroatoms. The van der Waals surface area contributed by atoms with Crippen LogP contribution in [0.25, 0.3) is 0 Å². The van der Waals surface area contributed by atoms with Crippen LogP contribution >= 0.6 is 12.4 Å². The van der Waals surface area contributed by atoms with E-state index in [9.17, 15) is 0 Å². The molecule has 82 valence electrons. The predicted octanol–water partition coefficient (Wildman–Crippen LogP) is 1.16. The highest BCUT2D eigenvalue weighted by Crippen LogP contribution is 2.04. The number of hydrogen-bond acceptors (Lipinski definition) is 4. The summed E-state index contributed by atoms with van der Waals surface area (Å²) in [6.07, 6.45) is 2.70. The number of rotatable bonds is 3. The van der Waals surface area contributed by atoms with Crippen molar-refractivity contribution in [1.82, 2.24) is 10.6 Å². The molecular weight excluding hydrogens is 214 g/mol.